The molecule has 0 unspecified atom stereocenters. The van der Waals surface area contributed by atoms with Gasteiger partial charge >= 0.3 is 0 Å². The number of hydrogen-bond acceptors (Lipinski definition) is 1. The third-order valence-corrected chi connectivity index (χ3v) is 4.03. The van der Waals surface area contributed by atoms with Gasteiger partial charge in [0.2, 0.25) is 5.91 Å². The van der Waals surface area contributed by atoms with Crippen molar-refractivity contribution in [1.82, 2.24) is 4.90 Å². The molecule has 0 saturated heterocycles. The SMILES string of the molecule is O=C(/C=C/c1ccc(F)cc1)N(Cc1ccccc1)Cc1ccccc1. The predicted octanol–water partition coefficient (Wildman–Crippen LogP) is 5.07. The first-order chi connectivity index (χ1) is 12.7. The van der Waals surface area contributed by atoms with Crippen LogP contribution in [0.4, 0.5) is 4.39 Å². The lowest BCUT2D eigenvalue weighted by Gasteiger charge is -2.21. The summed E-state index contributed by atoms with van der Waals surface area (Å²) in [5.74, 6) is -0.370. The largest absolute Gasteiger partial charge is 0.331 e. The highest BCUT2D eigenvalue weighted by atomic mass is 19.1. The van der Waals surface area contributed by atoms with Gasteiger partial charge in [-0.3, -0.25) is 4.79 Å². The fourth-order valence-corrected chi connectivity index (χ4v) is 2.67. The zero-order chi connectivity index (χ0) is 18.2. The van der Waals surface area contributed by atoms with Crippen LogP contribution >= 0.6 is 0 Å². The lowest BCUT2D eigenvalue weighted by molar-refractivity contribution is -0.127. The molecule has 3 rings (SSSR count). The van der Waals surface area contributed by atoms with E-state index in [1.165, 1.54) is 12.1 Å². The van der Waals surface area contributed by atoms with E-state index in [0.717, 1.165) is 16.7 Å². The second-order valence-corrected chi connectivity index (χ2v) is 6.05. The third-order valence-electron chi connectivity index (χ3n) is 4.03. The molecule has 0 spiro atoms. The monoisotopic (exact) mass is 345 g/mol. The van der Waals surface area contributed by atoms with Crippen LogP contribution in [0.2, 0.25) is 0 Å². The number of hydrogen-bond donors (Lipinski definition) is 0. The number of nitrogens with zero attached hydrogens (tertiary/aromatic N) is 1. The minimum Gasteiger partial charge on any atom is -0.331 e. The molecule has 0 radical (unpaired) electrons. The van der Waals surface area contributed by atoms with Gasteiger partial charge in [0.05, 0.1) is 0 Å². The average molecular weight is 345 g/mol. The Labute approximate surface area is 153 Å². The van der Waals surface area contributed by atoms with Crippen molar-refractivity contribution in [2.45, 2.75) is 13.1 Å². The van der Waals surface area contributed by atoms with E-state index in [9.17, 15) is 9.18 Å². The van der Waals surface area contributed by atoms with E-state index < -0.39 is 0 Å². The number of carbonyl (C=O) groups excluding carboxylic acids is 1. The Balaban J connectivity index is 1.76. The van der Waals surface area contributed by atoms with Crippen molar-refractivity contribution in [3.8, 4) is 0 Å². The molecule has 3 aromatic rings. The summed E-state index contributed by atoms with van der Waals surface area (Å²) in [6.45, 7) is 1.06. The summed E-state index contributed by atoms with van der Waals surface area (Å²) < 4.78 is 13.0. The summed E-state index contributed by atoms with van der Waals surface area (Å²) in [5.41, 5.74) is 2.94. The van der Waals surface area contributed by atoms with Crippen LogP contribution in [0.5, 0.6) is 0 Å². The van der Waals surface area contributed by atoms with Crippen LogP contribution < -0.4 is 0 Å². The first-order valence-corrected chi connectivity index (χ1v) is 8.51. The summed E-state index contributed by atoms with van der Waals surface area (Å²) in [4.78, 5) is 14.6. The molecular formula is C23H20FNO. The molecule has 0 atom stereocenters. The quantitative estimate of drug-likeness (QED) is 0.571. The molecule has 0 N–H and O–H groups in total. The van der Waals surface area contributed by atoms with Gasteiger partial charge in [-0.05, 0) is 34.9 Å². The van der Waals surface area contributed by atoms with Crippen molar-refractivity contribution in [3.63, 3.8) is 0 Å². The van der Waals surface area contributed by atoms with Gasteiger partial charge in [-0.1, -0.05) is 72.8 Å². The van der Waals surface area contributed by atoms with Crippen LogP contribution in [0.1, 0.15) is 16.7 Å². The smallest absolute Gasteiger partial charge is 0.247 e. The van der Waals surface area contributed by atoms with Crippen LogP contribution in [0.15, 0.2) is 91.0 Å². The molecule has 1 amide bonds. The topological polar surface area (TPSA) is 20.3 Å². The van der Waals surface area contributed by atoms with Crippen molar-refractivity contribution in [2.75, 3.05) is 0 Å². The lowest BCUT2D eigenvalue weighted by atomic mass is 10.1. The fourth-order valence-electron chi connectivity index (χ4n) is 2.67. The van der Waals surface area contributed by atoms with Gasteiger partial charge in [-0.25, -0.2) is 4.39 Å². The summed E-state index contributed by atoms with van der Waals surface area (Å²) in [6, 6.07) is 25.9. The molecule has 0 saturated carbocycles. The standard InChI is InChI=1S/C23H20FNO/c24-22-14-11-19(12-15-22)13-16-23(26)25(17-20-7-3-1-4-8-20)18-21-9-5-2-6-10-21/h1-16H,17-18H2/b16-13+. The molecule has 0 aromatic heterocycles. The van der Waals surface area contributed by atoms with E-state index in [-0.39, 0.29) is 11.7 Å². The van der Waals surface area contributed by atoms with Crippen LogP contribution in [0.25, 0.3) is 6.08 Å². The summed E-state index contributed by atoms with van der Waals surface area (Å²) >= 11 is 0. The fraction of sp³-hybridized carbons (Fsp3) is 0.0870. The maximum Gasteiger partial charge on any atom is 0.247 e. The van der Waals surface area contributed by atoms with Gasteiger partial charge in [0, 0.05) is 19.2 Å². The molecule has 3 aromatic carbocycles. The predicted molar refractivity (Wildman–Crippen MR) is 103 cm³/mol. The van der Waals surface area contributed by atoms with E-state index in [4.69, 9.17) is 0 Å². The van der Waals surface area contributed by atoms with Crippen LogP contribution in [-0.4, -0.2) is 10.8 Å². The van der Waals surface area contributed by atoms with Crippen molar-refractivity contribution >= 4 is 12.0 Å². The summed E-state index contributed by atoms with van der Waals surface area (Å²) in [7, 11) is 0. The molecule has 0 fully saturated rings. The van der Waals surface area contributed by atoms with E-state index >= 15 is 0 Å². The maximum atomic E-state index is 13.0. The Morgan fingerprint density at radius 2 is 1.27 bits per heavy atom. The first-order valence-electron chi connectivity index (χ1n) is 8.51. The van der Waals surface area contributed by atoms with E-state index in [1.807, 2.05) is 60.7 Å². The zero-order valence-corrected chi connectivity index (χ0v) is 14.4. The minimum atomic E-state index is -0.289. The summed E-state index contributed by atoms with van der Waals surface area (Å²) in [5, 5.41) is 0. The van der Waals surface area contributed by atoms with E-state index in [0.29, 0.717) is 13.1 Å². The molecule has 2 nitrogen and oxygen atoms in total. The Morgan fingerprint density at radius 1 is 0.769 bits per heavy atom. The molecule has 26 heavy (non-hydrogen) atoms. The van der Waals surface area contributed by atoms with Crippen LogP contribution in [0.3, 0.4) is 0 Å². The van der Waals surface area contributed by atoms with Crippen molar-refractivity contribution in [3.05, 3.63) is 114 Å². The molecule has 0 aliphatic heterocycles. The Morgan fingerprint density at radius 3 is 1.77 bits per heavy atom. The van der Waals surface area contributed by atoms with Gasteiger partial charge in [0.25, 0.3) is 0 Å². The number of benzene rings is 3. The Hall–Kier alpha value is -3.20. The van der Waals surface area contributed by atoms with Crippen LogP contribution in [0, 0.1) is 5.82 Å². The average Bonchev–Trinajstić information content (AvgIpc) is 2.68. The van der Waals surface area contributed by atoms with Crippen LogP contribution in [-0.2, 0) is 17.9 Å². The first kappa shape index (κ1) is 17.6. The van der Waals surface area contributed by atoms with Gasteiger partial charge in [0.1, 0.15) is 5.82 Å². The van der Waals surface area contributed by atoms with Gasteiger partial charge in [-0.15, -0.1) is 0 Å². The van der Waals surface area contributed by atoms with Gasteiger partial charge < -0.3 is 4.90 Å². The highest BCUT2D eigenvalue weighted by Gasteiger charge is 2.12. The molecule has 3 heteroatoms. The molecule has 0 bridgehead atoms. The van der Waals surface area contributed by atoms with Crippen molar-refractivity contribution in [1.29, 1.82) is 0 Å². The number of rotatable bonds is 6. The van der Waals surface area contributed by atoms with Gasteiger partial charge in [-0.2, -0.15) is 0 Å². The highest BCUT2D eigenvalue weighted by molar-refractivity contribution is 5.91. The second-order valence-electron chi connectivity index (χ2n) is 6.05. The minimum absolute atomic E-state index is 0.0815. The summed E-state index contributed by atoms with van der Waals surface area (Å²) in [6.07, 6.45) is 3.25. The second kappa shape index (κ2) is 8.77. The van der Waals surface area contributed by atoms with Crippen molar-refractivity contribution in [2.24, 2.45) is 0 Å². The van der Waals surface area contributed by atoms with Crippen molar-refractivity contribution < 1.29 is 9.18 Å². The van der Waals surface area contributed by atoms with Gasteiger partial charge in [0.15, 0.2) is 0 Å². The Kier molecular flexibility index (Phi) is 5.94. The normalized spacial score (nSPS) is 10.8. The maximum absolute atomic E-state index is 13.0. The Bertz CT molecular complexity index is 816. The lowest BCUT2D eigenvalue weighted by Crippen LogP contribution is -2.28. The number of halogens is 1. The molecule has 0 aliphatic carbocycles. The molecular weight excluding hydrogens is 325 g/mol. The number of amides is 1. The molecule has 130 valence electrons. The number of carbonyl (C=O) groups is 1. The van der Waals surface area contributed by atoms with E-state index in [2.05, 4.69) is 0 Å². The molecule has 0 aliphatic rings. The zero-order valence-electron chi connectivity index (χ0n) is 14.4. The van der Waals surface area contributed by atoms with E-state index in [1.54, 1.807) is 29.2 Å². The highest BCUT2D eigenvalue weighted by Crippen LogP contribution is 2.12. The third kappa shape index (κ3) is 5.15. The molecule has 0 heterocycles.